The Morgan fingerprint density at radius 3 is 2.79 bits per heavy atom. The minimum Gasteiger partial charge on any atom is -0.462 e. The topological polar surface area (TPSA) is 107 Å². The molecule has 4 rings (SSSR count). The number of hydrogen-bond donors (Lipinski definition) is 1. The number of carbonyl (C=O) groups is 2. The Morgan fingerprint density at radius 2 is 2.03 bits per heavy atom. The third-order valence-electron chi connectivity index (χ3n) is 4.91. The van der Waals surface area contributed by atoms with Crippen molar-refractivity contribution in [3.8, 4) is 11.1 Å². The SMILES string of the molecule is CCOC(=O)c1cc(-c2ccncc2C=CC(=O)Nc2ccc(CCc3nnco3)cc2)cs1. The van der Waals surface area contributed by atoms with Crippen molar-refractivity contribution < 1.29 is 18.7 Å². The zero-order valence-corrected chi connectivity index (χ0v) is 19.2. The van der Waals surface area contributed by atoms with Gasteiger partial charge in [0.05, 0.1) is 6.61 Å². The number of pyridine rings is 1. The summed E-state index contributed by atoms with van der Waals surface area (Å²) in [5, 5.41) is 12.3. The van der Waals surface area contributed by atoms with Crippen molar-refractivity contribution in [3.05, 3.63) is 88.5 Å². The third kappa shape index (κ3) is 6.02. The second kappa shape index (κ2) is 11.2. The first-order valence-corrected chi connectivity index (χ1v) is 11.5. The van der Waals surface area contributed by atoms with Gasteiger partial charge in [0.2, 0.25) is 18.2 Å². The molecule has 3 heterocycles. The average Bonchev–Trinajstić information content (AvgIpc) is 3.55. The van der Waals surface area contributed by atoms with Crippen LogP contribution in [0.25, 0.3) is 17.2 Å². The lowest BCUT2D eigenvalue weighted by Gasteiger charge is -2.05. The van der Waals surface area contributed by atoms with E-state index in [1.54, 1.807) is 31.5 Å². The predicted octanol–water partition coefficient (Wildman–Crippen LogP) is 4.81. The Labute approximate surface area is 200 Å². The number of aryl methyl sites for hydroxylation is 2. The van der Waals surface area contributed by atoms with Gasteiger partial charge in [0.25, 0.3) is 0 Å². The van der Waals surface area contributed by atoms with Crippen LogP contribution >= 0.6 is 11.3 Å². The molecule has 0 unspecified atom stereocenters. The number of aromatic nitrogens is 3. The van der Waals surface area contributed by atoms with Crippen molar-refractivity contribution in [3.63, 3.8) is 0 Å². The minimum absolute atomic E-state index is 0.258. The summed E-state index contributed by atoms with van der Waals surface area (Å²) < 4.78 is 10.2. The number of rotatable bonds is 9. The molecular weight excluding hydrogens is 452 g/mol. The molecule has 0 aliphatic carbocycles. The van der Waals surface area contributed by atoms with E-state index in [0.717, 1.165) is 28.7 Å². The van der Waals surface area contributed by atoms with Crippen molar-refractivity contribution >= 4 is 35.0 Å². The molecule has 0 bridgehead atoms. The number of benzene rings is 1. The summed E-state index contributed by atoms with van der Waals surface area (Å²) in [4.78, 5) is 29.1. The van der Waals surface area contributed by atoms with Crippen LogP contribution in [-0.4, -0.2) is 33.7 Å². The van der Waals surface area contributed by atoms with E-state index in [0.29, 0.717) is 29.5 Å². The molecule has 0 atom stereocenters. The van der Waals surface area contributed by atoms with Gasteiger partial charge in [0.15, 0.2) is 0 Å². The molecule has 0 spiro atoms. The maximum atomic E-state index is 12.5. The molecule has 0 fully saturated rings. The molecule has 8 nitrogen and oxygen atoms in total. The highest BCUT2D eigenvalue weighted by Gasteiger charge is 2.12. The molecule has 0 aliphatic rings. The Bertz CT molecular complexity index is 1280. The second-order valence-corrected chi connectivity index (χ2v) is 8.15. The maximum Gasteiger partial charge on any atom is 0.348 e. The number of anilines is 1. The molecule has 0 radical (unpaired) electrons. The normalized spacial score (nSPS) is 11.0. The van der Waals surface area contributed by atoms with Gasteiger partial charge < -0.3 is 14.5 Å². The molecule has 172 valence electrons. The molecule has 3 aromatic heterocycles. The van der Waals surface area contributed by atoms with E-state index in [2.05, 4.69) is 20.5 Å². The van der Waals surface area contributed by atoms with E-state index in [1.165, 1.54) is 23.8 Å². The summed E-state index contributed by atoms with van der Waals surface area (Å²) in [6.45, 7) is 2.10. The summed E-state index contributed by atoms with van der Waals surface area (Å²) in [5.74, 6) is -0.00673. The molecule has 1 aromatic carbocycles. The highest BCUT2D eigenvalue weighted by atomic mass is 32.1. The van der Waals surface area contributed by atoms with Crippen LogP contribution in [0.4, 0.5) is 5.69 Å². The Kier molecular flexibility index (Phi) is 7.56. The first-order chi connectivity index (χ1) is 16.6. The van der Waals surface area contributed by atoms with E-state index >= 15 is 0 Å². The fraction of sp³-hybridized carbons (Fsp3) is 0.160. The third-order valence-corrected chi connectivity index (χ3v) is 5.82. The standard InChI is InChI=1S/C25H22N4O4S/c1-2-32-25(31)22-13-19(15-34-22)21-11-12-26-14-18(21)6-9-23(30)28-20-7-3-17(4-8-20)5-10-24-29-27-16-33-24/h3-4,6-9,11-16H,2,5,10H2,1H3,(H,28,30). The number of thiophene rings is 1. The highest BCUT2D eigenvalue weighted by molar-refractivity contribution is 7.12. The number of carbonyl (C=O) groups excluding carboxylic acids is 2. The van der Waals surface area contributed by atoms with Crippen molar-refractivity contribution in [2.45, 2.75) is 19.8 Å². The zero-order valence-electron chi connectivity index (χ0n) is 18.4. The number of amides is 1. The van der Waals surface area contributed by atoms with Gasteiger partial charge in [0, 0.05) is 36.1 Å². The number of nitrogens with zero attached hydrogens (tertiary/aromatic N) is 3. The van der Waals surface area contributed by atoms with Crippen LogP contribution in [-0.2, 0) is 22.4 Å². The largest absolute Gasteiger partial charge is 0.462 e. The summed E-state index contributed by atoms with van der Waals surface area (Å²) in [6.07, 6.45) is 9.26. The van der Waals surface area contributed by atoms with Gasteiger partial charge in [-0.05, 0) is 65.8 Å². The van der Waals surface area contributed by atoms with E-state index < -0.39 is 0 Å². The van der Waals surface area contributed by atoms with E-state index in [1.807, 2.05) is 35.7 Å². The summed E-state index contributed by atoms with van der Waals surface area (Å²) >= 11 is 1.32. The smallest absolute Gasteiger partial charge is 0.348 e. The van der Waals surface area contributed by atoms with Crippen LogP contribution in [0.15, 0.2) is 71.1 Å². The zero-order chi connectivity index (χ0) is 23.8. The second-order valence-electron chi connectivity index (χ2n) is 7.24. The first kappa shape index (κ1) is 23.1. The van der Waals surface area contributed by atoms with Crippen molar-refractivity contribution in [1.29, 1.82) is 0 Å². The molecule has 1 amide bonds. The number of ether oxygens (including phenoxy) is 1. The molecule has 1 N–H and O–H groups in total. The Balaban J connectivity index is 1.38. The van der Waals surface area contributed by atoms with Crippen LogP contribution in [0.3, 0.4) is 0 Å². The molecule has 4 aromatic rings. The predicted molar refractivity (Wildman–Crippen MR) is 129 cm³/mol. The van der Waals surface area contributed by atoms with Crippen molar-refractivity contribution in [2.75, 3.05) is 11.9 Å². The van der Waals surface area contributed by atoms with Crippen LogP contribution < -0.4 is 5.32 Å². The average molecular weight is 475 g/mol. The van der Waals surface area contributed by atoms with Gasteiger partial charge in [-0.25, -0.2) is 4.79 Å². The van der Waals surface area contributed by atoms with E-state index in [9.17, 15) is 9.59 Å². The summed E-state index contributed by atoms with van der Waals surface area (Å²) in [5.41, 5.74) is 4.30. The van der Waals surface area contributed by atoms with Crippen molar-refractivity contribution in [2.24, 2.45) is 0 Å². The lowest BCUT2D eigenvalue weighted by atomic mass is 10.0. The van der Waals surface area contributed by atoms with Gasteiger partial charge in [-0.3, -0.25) is 9.78 Å². The molecular formula is C25H22N4O4S. The number of hydrogen-bond acceptors (Lipinski definition) is 8. The monoisotopic (exact) mass is 474 g/mol. The van der Waals surface area contributed by atoms with Crippen LogP contribution in [0.2, 0.25) is 0 Å². The lowest BCUT2D eigenvalue weighted by Crippen LogP contribution is -2.07. The Morgan fingerprint density at radius 1 is 1.18 bits per heavy atom. The van der Waals surface area contributed by atoms with Crippen LogP contribution in [0, 0.1) is 0 Å². The minimum atomic E-state index is -0.343. The molecule has 34 heavy (non-hydrogen) atoms. The quantitative estimate of drug-likeness (QED) is 0.274. The fourth-order valence-electron chi connectivity index (χ4n) is 3.25. The van der Waals surface area contributed by atoms with Gasteiger partial charge in [-0.15, -0.1) is 21.5 Å². The van der Waals surface area contributed by atoms with Crippen LogP contribution in [0.1, 0.15) is 33.6 Å². The van der Waals surface area contributed by atoms with E-state index in [-0.39, 0.29) is 11.9 Å². The van der Waals surface area contributed by atoms with Gasteiger partial charge >= 0.3 is 5.97 Å². The Hall–Kier alpha value is -4.11. The van der Waals surface area contributed by atoms with Gasteiger partial charge in [0.1, 0.15) is 4.88 Å². The number of nitrogens with one attached hydrogen (secondary N) is 1. The molecule has 0 saturated carbocycles. The maximum absolute atomic E-state index is 12.5. The highest BCUT2D eigenvalue weighted by Crippen LogP contribution is 2.29. The van der Waals surface area contributed by atoms with Crippen LogP contribution in [0.5, 0.6) is 0 Å². The van der Waals surface area contributed by atoms with E-state index in [4.69, 9.17) is 9.15 Å². The summed E-state index contributed by atoms with van der Waals surface area (Å²) in [6, 6.07) is 11.2. The van der Waals surface area contributed by atoms with Gasteiger partial charge in [-0.1, -0.05) is 12.1 Å². The summed E-state index contributed by atoms with van der Waals surface area (Å²) in [7, 11) is 0. The molecule has 9 heteroatoms. The first-order valence-electron chi connectivity index (χ1n) is 10.7. The fourth-order valence-corrected chi connectivity index (χ4v) is 4.05. The van der Waals surface area contributed by atoms with Crippen molar-refractivity contribution in [1.82, 2.24) is 15.2 Å². The molecule has 0 aliphatic heterocycles. The lowest BCUT2D eigenvalue weighted by molar-refractivity contribution is -0.111. The number of esters is 1. The molecule has 0 saturated heterocycles. The van der Waals surface area contributed by atoms with Gasteiger partial charge in [-0.2, -0.15) is 0 Å².